The van der Waals surface area contributed by atoms with E-state index in [1.54, 1.807) is 0 Å². The van der Waals surface area contributed by atoms with Gasteiger partial charge in [0.25, 0.3) is 5.19 Å². The number of rotatable bonds is 3. The summed E-state index contributed by atoms with van der Waals surface area (Å²) in [5, 5.41) is 8.01. The van der Waals surface area contributed by atoms with E-state index in [0.717, 1.165) is 17.4 Å². The van der Waals surface area contributed by atoms with Gasteiger partial charge >= 0.3 is 0 Å². The number of hydrogen-bond donors (Lipinski definition) is 1. The van der Waals surface area contributed by atoms with Gasteiger partial charge < -0.3 is 10.5 Å². The molecule has 0 fully saturated rings. The number of nitrogens with two attached hydrogens (primary N) is 1. The third-order valence-corrected chi connectivity index (χ3v) is 3.06. The Labute approximate surface area is 108 Å². The smallest absolute Gasteiger partial charge is 0.299 e. The summed E-state index contributed by atoms with van der Waals surface area (Å²) in [4.78, 5) is 0. The van der Waals surface area contributed by atoms with Crippen LogP contribution in [0.1, 0.15) is 5.01 Å². The summed E-state index contributed by atoms with van der Waals surface area (Å²) in [7, 11) is 0. The second kappa shape index (κ2) is 5.03. The first-order chi connectivity index (χ1) is 8.10. The average Bonchev–Trinajstić information content (AvgIpc) is 2.73. The van der Waals surface area contributed by atoms with E-state index >= 15 is 0 Å². The molecule has 0 radical (unpaired) electrons. The Morgan fingerprint density at radius 2 is 2.12 bits per heavy atom. The summed E-state index contributed by atoms with van der Waals surface area (Å²) in [6.45, 7) is 0.219. The van der Waals surface area contributed by atoms with Gasteiger partial charge in [0.2, 0.25) is 5.82 Å². The van der Waals surface area contributed by atoms with Gasteiger partial charge in [0.05, 0.1) is 0 Å². The first-order valence-corrected chi connectivity index (χ1v) is 6.06. The van der Waals surface area contributed by atoms with Crippen molar-refractivity contribution in [3.63, 3.8) is 0 Å². The van der Waals surface area contributed by atoms with Crippen molar-refractivity contribution in [1.29, 1.82) is 0 Å². The first kappa shape index (κ1) is 12.3. The maximum atomic E-state index is 13.4. The number of hydrogen-bond acceptors (Lipinski definition) is 5. The van der Waals surface area contributed by atoms with Crippen molar-refractivity contribution < 1.29 is 13.5 Å². The topological polar surface area (TPSA) is 61.0 Å². The SMILES string of the molecule is NCc1nnc(Oc2cc(Br)cc(F)c2F)s1. The van der Waals surface area contributed by atoms with Crippen LogP contribution in [0.4, 0.5) is 8.78 Å². The molecule has 1 aromatic heterocycles. The Morgan fingerprint density at radius 3 is 2.76 bits per heavy atom. The first-order valence-electron chi connectivity index (χ1n) is 4.45. The minimum absolute atomic E-state index is 0.113. The van der Waals surface area contributed by atoms with Gasteiger partial charge in [-0.05, 0) is 12.1 Å². The van der Waals surface area contributed by atoms with Crippen molar-refractivity contribution in [2.45, 2.75) is 6.54 Å². The van der Waals surface area contributed by atoms with E-state index < -0.39 is 11.6 Å². The molecule has 0 saturated heterocycles. The summed E-state index contributed by atoms with van der Waals surface area (Å²) in [5.74, 6) is -2.33. The van der Waals surface area contributed by atoms with E-state index in [0.29, 0.717) is 9.48 Å². The maximum Gasteiger partial charge on any atom is 0.299 e. The molecule has 1 heterocycles. The van der Waals surface area contributed by atoms with Gasteiger partial charge in [-0.25, -0.2) is 4.39 Å². The predicted molar refractivity (Wildman–Crippen MR) is 61.9 cm³/mol. The predicted octanol–water partition coefficient (Wildman–Crippen LogP) is 2.83. The summed E-state index contributed by atoms with van der Waals surface area (Å²) in [6.07, 6.45) is 0. The highest BCUT2D eigenvalue weighted by Crippen LogP contribution is 2.30. The molecule has 0 spiro atoms. The fraction of sp³-hybridized carbons (Fsp3) is 0.111. The lowest BCUT2D eigenvalue weighted by atomic mass is 10.3. The van der Waals surface area contributed by atoms with E-state index in [2.05, 4.69) is 26.1 Å². The molecule has 0 bridgehead atoms. The molecule has 8 heteroatoms. The number of benzene rings is 1. The molecule has 1 aromatic carbocycles. The van der Waals surface area contributed by atoms with Gasteiger partial charge in [0.15, 0.2) is 11.6 Å². The largest absolute Gasteiger partial charge is 0.426 e. The molecule has 2 N–H and O–H groups in total. The Balaban J connectivity index is 2.29. The lowest BCUT2D eigenvalue weighted by molar-refractivity contribution is 0.411. The summed E-state index contributed by atoms with van der Waals surface area (Å²) in [6, 6.07) is 2.32. The molecule has 0 unspecified atom stereocenters. The quantitative estimate of drug-likeness (QED) is 0.883. The minimum atomic E-state index is -1.07. The van der Waals surface area contributed by atoms with Gasteiger partial charge in [0, 0.05) is 11.0 Å². The van der Waals surface area contributed by atoms with Crippen LogP contribution in [0.2, 0.25) is 0 Å². The average molecular weight is 322 g/mol. The summed E-state index contributed by atoms with van der Waals surface area (Å²) >= 11 is 4.11. The second-order valence-electron chi connectivity index (χ2n) is 2.97. The highest BCUT2D eigenvalue weighted by atomic mass is 79.9. The minimum Gasteiger partial charge on any atom is -0.426 e. The van der Waals surface area contributed by atoms with Crippen molar-refractivity contribution in [3.05, 3.63) is 33.2 Å². The molecular formula is C9H6BrF2N3OS. The number of halogens is 3. The molecule has 0 aliphatic rings. The van der Waals surface area contributed by atoms with E-state index in [1.807, 2.05) is 0 Å². The third kappa shape index (κ3) is 2.76. The van der Waals surface area contributed by atoms with Crippen LogP contribution in [0.3, 0.4) is 0 Å². The van der Waals surface area contributed by atoms with Crippen LogP contribution in [0.15, 0.2) is 16.6 Å². The van der Waals surface area contributed by atoms with Crippen molar-refractivity contribution in [3.8, 4) is 10.9 Å². The van der Waals surface area contributed by atoms with Crippen LogP contribution in [0.25, 0.3) is 0 Å². The standard InChI is InChI=1S/C9H6BrF2N3OS/c10-4-1-5(11)8(12)6(2-4)16-9-15-14-7(3-13)17-9/h1-2H,3,13H2. The fourth-order valence-corrected chi connectivity index (χ4v) is 2.05. The Hall–Kier alpha value is -1.12. The molecular weight excluding hydrogens is 316 g/mol. The second-order valence-corrected chi connectivity index (χ2v) is 4.91. The van der Waals surface area contributed by atoms with Crippen LogP contribution < -0.4 is 10.5 Å². The number of aromatic nitrogens is 2. The van der Waals surface area contributed by atoms with Crippen molar-refractivity contribution in [1.82, 2.24) is 10.2 Å². The van der Waals surface area contributed by atoms with E-state index in [4.69, 9.17) is 10.5 Å². The Bertz CT molecular complexity index is 549. The van der Waals surface area contributed by atoms with Crippen molar-refractivity contribution in [2.24, 2.45) is 5.73 Å². The van der Waals surface area contributed by atoms with Gasteiger partial charge in [-0.2, -0.15) is 4.39 Å². The fourth-order valence-electron chi connectivity index (χ4n) is 1.06. The summed E-state index contributed by atoms with van der Waals surface area (Å²) < 4.78 is 31.9. The molecule has 0 saturated carbocycles. The Kier molecular flexibility index (Phi) is 3.65. The zero-order valence-electron chi connectivity index (χ0n) is 8.28. The maximum absolute atomic E-state index is 13.4. The molecule has 0 aliphatic carbocycles. The lowest BCUT2D eigenvalue weighted by Crippen LogP contribution is -1.94. The van der Waals surface area contributed by atoms with E-state index in [9.17, 15) is 8.78 Å². The van der Waals surface area contributed by atoms with Gasteiger partial charge in [-0.3, -0.25) is 0 Å². The van der Waals surface area contributed by atoms with Gasteiger partial charge in [-0.15, -0.1) is 5.10 Å². The van der Waals surface area contributed by atoms with Crippen LogP contribution >= 0.6 is 27.3 Å². The molecule has 17 heavy (non-hydrogen) atoms. The highest BCUT2D eigenvalue weighted by Gasteiger charge is 2.14. The van der Waals surface area contributed by atoms with Crippen molar-refractivity contribution in [2.75, 3.05) is 0 Å². The van der Waals surface area contributed by atoms with E-state index in [-0.39, 0.29) is 17.5 Å². The normalized spacial score (nSPS) is 10.6. The molecule has 90 valence electrons. The third-order valence-electron chi connectivity index (χ3n) is 1.78. The zero-order valence-corrected chi connectivity index (χ0v) is 10.7. The van der Waals surface area contributed by atoms with Crippen LogP contribution in [-0.4, -0.2) is 10.2 Å². The molecule has 4 nitrogen and oxygen atoms in total. The van der Waals surface area contributed by atoms with Gasteiger partial charge in [0.1, 0.15) is 5.01 Å². The zero-order chi connectivity index (χ0) is 12.4. The molecule has 2 rings (SSSR count). The van der Waals surface area contributed by atoms with Crippen LogP contribution in [0, 0.1) is 11.6 Å². The molecule has 0 amide bonds. The number of nitrogens with zero attached hydrogens (tertiary/aromatic N) is 2. The molecule has 0 atom stereocenters. The molecule has 2 aromatic rings. The lowest BCUT2D eigenvalue weighted by Gasteiger charge is -2.03. The Morgan fingerprint density at radius 1 is 1.35 bits per heavy atom. The van der Waals surface area contributed by atoms with E-state index in [1.165, 1.54) is 6.07 Å². The van der Waals surface area contributed by atoms with Crippen molar-refractivity contribution >= 4 is 27.3 Å². The van der Waals surface area contributed by atoms with Crippen LogP contribution in [-0.2, 0) is 6.54 Å². The monoisotopic (exact) mass is 321 g/mol. The number of ether oxygens (including phenoxy) is 1. The van der Waals surface area contributed by atoms with Crippen LogP contribution in [0.5, 0.6) is 10.9 Å². The van der Waals surface area contributed by atoms with Gasteiger partial charge in [-0.1, -0.05) is 32.4 Å². The highest BCUT2D eigenvalue weighted by molar-refractivity contribution is 9.10. The molecule has 0 aliphatic heterocycles. The summed E-state index contributed by atoms with van der Waals surface area (Å²) in [5.41, 5.74) is 5.35.